The standard InChI is InChI=1S/C10H19N5O/c1-3-8-9(12-4-7(2)5-16)13-6-14-10(8)15-11/h6-7,16H,3-5,11H2,1-2H3,(H2,12,13,14,15). The fourth-order valence-electron chi connectivity index (χ4n) is 1.36. The number of aliphatic hydroxyl groups excluding tert-OH is 1. The molecule has 0 radical (unpaired) electrons. The fraction of sp³-hybridized carbons (Fsp3) is 0.600. The minimum atomic E-state index is 0.154. The minimum Gasteiger partial charge on any atom is -0.396 e. The van der Waals surface area contributed by atoms with Gasteiger partial charge in [-0.25, -0.2) is 15.8 Å². The van der Waals surface area contributed by atoms with Gasteiger partial charge in [-0.1, -0.05) is 13.8 Å². The van der Waals surface area contributed by atoms with Crippen molar-refractivity contribution in [3.63, 3.8) is 0 Å². The average Bonchev–Trinajstić information content (AvgIpc) is 2.34. The molecule has 1 aromatic heterocycles. The van der Waals surface area contributed by atoms with E-state index in [1.165, 1.54) is 6.33 Å². The molecule has 0 saturated carbocycles. The molecule has 1 unspecified atom stereocenters. The van der Waals surface area contributed by atoms with Gasteiger partial charge in [-0.05, 0) is 12.3 Å². The quantitative estimate of drug-likeness (QED) is 0.412. The molecule has 1 aromatic rings. The summed E-state index contributed by atoms with van der Waals surface area (Å²) in [7, 11) is 0. The first-order chi connectivity index (χ1) is 7.72. The number of nitrogen functional groups attached to an aromatic ring is 1. The highest BCUT2D eigenvalue weighted by Crippen LogP contribution is 2.19. The van der Waals surface area contributed by atoms with Crippen LogP contribution in [-0.4, -0.2) is 28.2 Å². The number of hydrogen-bond acceptors (Lipinski definition) is 6. The van der Waals surface area contributed by atoms with Gasteiger partial charge in [0.25, 0.3) is 0 Å². The third-order valence-corrected chi connectivity index (χ3v) is 2.37. The number of hydrazine groups is 1. The van der Waals surface area contributed by atoms with Crippen molar-refractivity contribution in [1.82, 2.24) is 9.97 Å². The molecular weight excluding hydrogens is 206 g/mol. The van der Waals surface area contributed by atoms with E-state index < -0.39 is 0 Å². The van der Waals surface area contributed by atoms with E-state index in [2.05, 4.69) is 20.7 Å². The number of hydrogen-bond donors (Lipinski definition) is 4. The third kappa shape index (κ3) is 3.04. The van der Waals surface area contributed by atoms with E-state index in [1.807, 2.05) is 13.8 Å². The highest BCUT2D eigenvalue weighted by atomic mass is 16.3. The Kier molecular flexibility index (Phi) is 4.94. The zero-order chi connectivity index (χ0) is 12.0. The second-order valence-electron chi connectivity index (χ2n) is 3.72. The molecule has 0 bridgehead atoms. The maximum atomic E-state index is 8.93. The summed E-state index contributed by atoms with van der Waals surface area (Å²) in [6.07, 6.45) is 2.25. The normalized spacial score (nSPS) is 12.2. The summed E-state index contributed by atoms with van der Waals surface area (Å²) >= 11 is 0. The van der Waals surface area contributed by atoms with E-state index in [0.29, 0.717) is 12.4 Å². The topological polar surface area (TPSA) is 96.1 Å². The van der Waals surface area contributed by atoms with Crippen molar-refractivity contribution in [2.45, 2.75) is 20.3 Å². The molecule has 6 nitrogen and oxygen atoms in total. The van der Waals surface area contributed by atoms with Crippen molar-refractivity contribution in [2.24, 2.45) is 11.8 Å². The summed E-state index contributed by atoms with van der Waals surface area (Å²) < 4.78 is 0. The van der Waals surface area contributed by atoms with Gasteiger partial charge in [-0.15, -0.1) is 0 Å². The van der Waals surface area contributed by atoms with Crippen LogP contribution in [0.4, 0.5) is 11.6 Å². The zero-order valence-corrected chi connectivity index (χ0v) is 9.70. The molecule has 5 N–H and O–H groups in total. The number of nitrogens with two attached hydrogens (primary N) is 1. The van der Waals surface area contributed by atoms with Crippen LogP contribution in [-0.2, 0) is 6.42 Å². The molecule has 1 heterocycles. The second kappa shape index (κ2) is 6.24. The minimum absolute atomic E-state index is 0.154. The van der Waals surface area contributed by atoms with Crippen LogP contribution < -0.4 is 16.6 Å². The van der Waals surface area contributed by atoms with Crippen molar-refractivity contribution in [3.8, 4) is 0 Å². The van der Waals surface area contributed by atoms with Gasteiger partial charge < -0.3 is 15.8 Å². The lowest BCUT2D eigenvalue weighted by atomic mass is 10.2. The average molecular weight is 225 g/mol. The Balaban J connectivity index is 2.78. The van der Waals surface area contributed by atoms with Crippen molar-refractivity contribution >= 4 is 11.6 Å². The SMILES string of the molecule is CCc1c(NN)ncnc1NCC(C)CO. The molecule has 0 aliphatic heterocycles. The maximum Gasteiger partial charge on any atom is 0.148 e. The van der Waals surface area contributed by atoms with Gasteiger partial charge in [-0.3, -0.25) is 0 Å². The molecule has 0 spiro atoms. The first-order valence-electron chi connectivity index (χ1n) is 5.38. The highest BCUT2D eigenvalue weighted by molar-refractivity contribution is 5.56. The zero-order valence-electron chi connectivity index (χ0n) is 9.70. The second-order valence-corrected chi connectivity index (χ2v) is 3.72. The summed E-state index contributed by atoms with van der Waals surface area (Å²) in [5.41, 5.74) is 3.50. The molecule has 1 atom stereocenters. The van der Waals surface area contributed by atoms with E-state index >= 15 is 0 Å². The highest BCUT2D eigenvalue weighted by Gasteiger charge is 2.09. The number of rotatable bonds is 6. The number of nitrogens with one attached hydrogen (secondary N) is 2. The van der Waals surface area contributed by atoms with Crippen LogP contribution in [0.3, 0.4) is 0 Å². The van der Waals surface area contributed by atoms with Gasteiger partial charge >= 0.3 is 0 Å². The molecule has 16 heavy (non-hydrogen) atoms. The molecule has 0 amide bonds. The predicted octanol–water partition coefficient (Wildman–Crippen LogP) is 0.365. The Morgan fingerprint density at radius 3 is 2.69 bits per heavy atom. The molecule has 90 valence electrons. The Bertz CT molecular complexity index is 331. The fourth-order valence-corrected chi connectivity index (χ4v) is 1.36. The van der Waals surface area contributed by atoms with Crippen LogP contribution >= 0.6 is 0 Å². The smallest absolute Gasteiger partial charge is 0.148 e. The van der Waals surface area contributed by atoms with Gasteiger partial charge in [0, 0.05) is 18.7 Å². The van der Waals surface area contributed by atoms with E-state index in [1.54, 1.807) is 0 Å². The Morgan fingerprint density at radius 2 is 2.12 bits per heavy atom. The first-order valence-corrected chi connectivity index (χ1v) is 5.38. The van der Waals surface area contributed by atoms with Crippen LogP contribution in [0.2, 0.25) is 0 Å². The van der Waals surface area contributed by atoms with Crippen molar-refractivity contribution in [1.29, 1.82) is 0 Å². The van der Waals surface area contributed by atoms with Crippen LogP contribution in [0.25, 0.3) is 0 Å². The van der Waals surface area contributed by atoms with Gasteiger partial charge in [0.15, 0.2) is 0 Å². The van der Waals surface area contributed by atoms with E-state index in [0.717, 1.165) is 17.8 Å². The molecule has 0 aliphatic carbocycles. The third-order valence-electron chi connectivity index (χ3n) is 2.37. The molecule has 1 rings (SSSR count). The van der Waals surface area contributed by atoms with Gasteiger partial charge in [0.1, 0.15) is 18.0 Å². The summed E-state index contributed by atoms with van der Waals surface area (Å²) in [6, 6.07) is 0. The molecular formula is C10H19N5O. The van der Waals surface area contributed by atoms with Gasteiger partial charge in [0.2, 0.25) is 0 Å². The van der Waals surface area contributed by atoms with Crippen LogP contribution in [0.5, 0.6) is 0 Å². The van der Waals surface area contributed by atoms with Gasteiger partial charge in [0.05, 0.1) is 0 Å². The summed E-state index contributed by atoms with van der Waals surface area (Å²) in [6.45, 7) is 4.80. The molecule has 0 saturated heterocycles. The predicted molar refractivity (Wildman–Crippen MR) is 64.0 cm³/mol. The summed E-state index contributed by atoms with van der Waals surface area (Å²) in [5, 5.41) is 12.1. The van der Waals surface area contributed by atoms with Crippen molar-refractivity contribution < 1.29 is 5.11 Å². The summed E-state index contributed by atoms with van der Waals surface area (Å²) in [4.78, 5) is 8.20. The number of aliphatic hydroxyl groups is 1. The lowest BCUT2D eigenvalue weighted by molar-refractivity contribution is 0.244. The van der Waals surface area contributed by atoms with Crippen molar-refractivity contribution in [3.05, 3.63) is 11.9 Å². The van der Waals surface area contributed by atoms with Crippen molar-refractivity contribution in [2.75, 3.05) is 23.9 Å². The molecule has 0 aromatic carbocycles. The summed E-state index contributed by atoms with van der Waals surface area (Å²) in [5.74, 6) is 6.96. The van der Waals surface area contributed by atoms with Crippen LogP contribution in [0.1, 0.15) is 19.4 Å². The molecule has 0 fully saturated rings. The van der Waals surface area contributed by atoms with Gasteiger partial charge in [-0.2, -0.15) is 0 Å². The lowest BCUT2D eigenvalue weighted by Gasteiger charge is -2.14. The van der Waals surface area contributed by atoms with Crippen LogP contribution in [0, 0.1) is 5.92 Å². The monoisotopic (exact) mass is 225 g/mol. The number of anilines is 2. The van der Waals surface area contributed by atoms with E-state index in [-0.39, 0.29) is 12.5 Å². The Hall–Kier alpha value is -1.40. The maximum absolute atomic E-state index is 8.93. The Morgan fingerprint density at radius 1 is 1.44 bits per heavy atom. The Labute approximate surface area is 95.3 Å². The van der Waals surface area contributed by atoms with E-state index in [9.17, 15) is 0 Å². The van der Waals surface area contributed by atoms with E-state index in [4.69, 9.17) is 10.9 Å². The molecule has 0 aliphatic rings. The lowest BCUT2D eigenvalue weighted by Crippen LogP contribution is -2.18. The number of aromatic nitrogens is 2. The first kappa shape index (κ1) is 12.7. The molecule has 6 heteroatoms. The number of nitrogens with zero attached hydrogens (tertiary/aromatic N) is 2. The van der Waals surface area contributed by atoms with Crippen LogP contribution in [0.15, 0.2) is 6.33 Å². The largest absolute Gasteiger partial charge is 0.396 e.